The van der Waals surface area contributed by atoms with Crippen molar-refractivity contribution in [3.05, 3.63) is 95.1 Å². The predicted molar refractivity (Wildman–Crippen MR) is 124 cm³/mol. The normalized spacial score (nSPS) is 12.0. The maximum Gasteiger partial charge on any atom is 0.328 e. The third kappa shape index (κ3) is 4.02. The molecule has 0 radical (unpaired) electrons. The van der Waals surface area contributed by atoms with E-state index in [0.29, 0.717) is 12.0 Å². The lowest BCUT2D eigenvalue weighted by Gasteiger charge is -2.20. The second-order valence-electron chi connectivity index (χ2n) is 7.82. The molecule has 0 aliphatic heterocycles. The largest absolute Gasteiger partial charge is 0.467 e. The van der Waals surface area contributed by atoms with Gasteiger partial charge in [0.25, 0.3) is 5.91 Å². The van der Waals surface area contributed by atoms with Gasteiger partial charge in [0.05, 0.1) is 12.7 Å². The van der Waals surface area contributed by atoms with Gasteiger partial charge < -0.3 is 10.1 Å². The van der Waals surface area contributed by atoms with Crippen LogP contribution in [-0.2, 0) is 16.0 Å². The summed E-state index contributed by atoms with van der Waals surface area (Å²) in [6.07, 6.45) is 0.375. The van der Waals surface area contributed by atoms with Gasteiger partial charge in [-0.2, -0.15) is 0 Å². The first-order chi connectivity index (χ1) is 15.0. The molecule has 4 nitrogen and oxygen atoms in total. The number of hydrogen-bond acceptors (Lipinski definition) is 3. The summed E-state index contributed by atoms with van der Waals surface area (Å²) in [5.74, 6) is -0.741. The van der Waals surface area contributed by atoms with E-state index < -0.39 is 12.0 Å². The van der Waals surface area contributed by atoms with Crippen LogP contribution in [0.1, 0.15) is 27.0 Å². The molecule has 0 saturated heterocycles. The van der Waals surface area contributed by atoms with E-state index in [1.807, 2.05) is 80.6 Å². The Hall–Kier alpha value is -3.66. The summed E-state index contributed by atoms with van der Waals surface area (Å²) in [7, 11) is 1.35. The minimum atomic E-state index is -0.782. The highest BCUT2D eigenvalue weighted by Gasteiger charge is 2.25. The zero-order chi connectivity index (χ0) is 22.0. The number of benzene rings is 4. The second-order valence-corrected chi connectivity index (χ2v) is 7.82. The first kappa shape index (κ1) is 20.6. The fraction of sp³-hybridized carbons (Fsp3) is 0.185. The maximum absolute atomic E-state index is 13.5. The zero-order valence-electron chi connectivity index (χ0n) is 17.9. The summed E-state index contributed by atoms with van der Waals surface area (Å²) in [6.45, 7) is 4.02. The van der Waals surface area contributed by atoms with Crippen LogP contribution in [-0.4, -0.2) is 25.0 Å². The Labute approximate surface area is 181 Å². The maximum atomic E-state index is 13.5. The fourth-order valence-electron chi connectivity index (χ4n) is 4.20. The van der Waals surface area contributed by atoms with Crippen molar-refractivity contribution in [2.45, 2.75) is 26.3 Å². The Morgan fingerprint density at radius 3 is 1.94 bits per heavy atom. The number of aryl methyl sites for hydroxylation is 2. The molecule has 0 heterocycles. The van der Waals surface area contributed by atoms with Gasteiger partial charge >= 0.3 is 5.97 Å². The molecule has 1 amide bonds. The van der Waals surface area contributed by atoms with E-state index in [1.165, 1.54) is 7.11 Å². The molecule has 4 aromatic carbocycles. The van der Waals surface area contributed by atoms with E-state index in [1.54, 1.807) is 0 Å². The quantitative estimate of drug-likeness (QED) is 0.366. The minimum absolute atomic E-state index is 0.283. The van der Waals surface area contributed by atoms with E-state index in [2.05, 4.69) is 11.4 Å². The molecule has 4 heteroatoms. The van der Waals surface area contributed by atoms with E-state index in [4.69, 9.17) is 4.74 Å². The summed E-state index contributed by atoms with van der Waals surface area (Å²) >= 11 is 0. The Morgan fingerprint density at radius 2 is 1.39 bits per heavy atom. The van der Waals surface area contributed by atoms with Gasteiger partial charge in [0.1, 0.15) is 6.04 Å². The highest BCUT2D eigenvalue weighted by Crippen LogP contribution is 2.28. The molecule has 1 atom stereocenters. The summed E-state index contributed by atoms with van der Waals surface area (Å²) in [4.78, 5) is 26.1. The molecule has 0 fully saturated rings. The lowest BCUT2D eigenvalue weighted by molar-refractivity contribution is -0.142. The SMILES string of the molecule is COC(=O)[C@H](Cc1c(C)cccc1C)NC(=O)c1c2ccccc2cc2ccccc12. The van der Waals surface area contributed by atoms with Crippen LogP contribution in [0.4, 0.5) is 0 Å². The van der Waals surface area contributed by atoms with Gasteiger partial charge in [-0.25, -0.2) is 4.79 Å². The highest BCUT2D eigenvalue weighted by atomic mass is 16.5. The first-order valence-electron chi connectivity index (χ1n) is 10.3. The van der Waals surface area contributed by atoms with Crippen molar-refractivity contribution in [3.63, 3.8) is 0 Å². The molecule has 4 aromatic rings. The van der Waals surface area contributed by atoms with Crippen LogP contribution in [0.2, 0.25) is 0 Å². The molecule has 1 N–H and O–H groups in total. The van der Waals surface area contributed by atoms with Crippen LogP contribution in [0.3, 0.4) is 0 Å². The van der Waals surface area contributed by atoms with Crippen LogP contribution >= 0.6 is 0 Å². The van der Waals surface area contributed by atoms with E-state index in [9.17, 15) is 9.59 Å². The van der Waals surface area contributed by atoms with Gasteiger partial charge in [-0.05, 0) is 58.1 Å². The molecular weight excluding hydrogens is 386 g/mol. The highest BCUT2D eigenvalue weighted by molar-refractivity contribution is 6.18. The third-order valence-corrected chi connectivity index (χ3v) is 5.84. The smallest absolute Gasteiger partial charge is 0.328 e. The Bertz CT molecular complexity index is 1220. The van der Waals surface area contributed by atoms with Crippen molar-refractivity contribution in [1.29, 1.82) is 0 Å². The number of rotatable bonds is 5. The van der Waals surface area contributed by atoms with Crippen LogP contribution in [0.5, 0.6) is 0 Å². The van der Waals surface area contributed by atoms with Crippen molar-refractivity contribution in [1.82, 2.24) is 5.32 Å². The van der Waals surface area contributed by atoms with Gasteiger partial charge in [0, 0.05) is 6.42 Å². The van der Waals surface area contributed by atoms with Gasteiger partial charge in [0.15, 0.2) is 0 Å². The van der Waals surface area contributed by atoms with Gasteiger partial charge in [-0.3, -0.25) is 4.79 Å². The summed E-state index contributed by atoms with van der Waals surface area (Å²) in [5.41, 5.74) is 3.78. The molecular formula is C27H25NO3. The minimum Gasteiger partial charge on any atom is -0.467 e. The van der Waals surface area contributed by atoms with Crippen molar-refractivity contribution >= 4 is 33.4 Å². The Balaban J connectivity index is 1.77. The van der Waals surface area contributed by atoms with Crippen molar-refractivity contribution < 1.29 is 14.3 Å². The molecule has 156 valence electrons. The molecule has 0 aliphatic carbocycles. The number of carbonyl (C=O) groups excluding carboxylic acids is 2. The molecule has 0 spiro atoms. The number of hydrogen-bond donors (Lipinski definition) is 1. The monoisotopic (exact) mass is 411 g/mol. The molecule has 31 heavy (non-hydrogen) atoms. The lowest BCUT2D eigenvalue weighted by atomic mass is 9.94. The average Bonchev–Trinajstić information content (AvgIpc) is 2.78. The van der Waals surface area contributed by atoms with E-state index in [0.717, 1.165) is 38.2 Å². The van der Waals surface area contributed by atoms with E-state index >= 15 is 0 Å². The average molecular weight is 412 g/mol. The lowest BCUT2D eigenvalue weighted by Crippen LogP contribution is -2.43. The predicted octanol–water partition coefficient (Wildman–Crippen LogP) is 5.12. The van der Waals surface area contributed by atoms with Crippen LogP contribution in [0.25, 0.3) is 21.5 Å². The summed E-state index contributed by atoms with van der Waals surface area (Å²) in [6, 6.07) is 22.9. The van der Waals surface area contributed by atoms with Crippen LogP contribution in [0.15, 0.2) is 72.8 Å². The standard InChI is InChI=1S/C27H25NO3/c1-17-9-8-10-18(2)23(17)16-24(27(30)31-3)28-26(29)25-21-13-6-4-11-19(21)15-20-12-5-7-14-22(20)25/h4-15,24H,16H2,1-3H3,(H,28,29)/t24-/m0/s1. The number of ether oxygens (including phenoxy) is 1. The van der Waals surface area contributed by atoms with Gasteiger partial charge in [-0.15, -0.1) is 0 Å². The topological polar surface area (TPSA) is 55.4 Å². The second kappa shape index (κ2) is 8.60. The fourth-order valence-corrected chi connectivity index (χ4v) is 4.20. The van der Waals surface area contributed by atoms with Gasteiger partial charge in [0.2, 0.25) is 0 Å². The first-order valence-corrected chi connectivity index (χ1v) is 10.3. The summed E-state index contributed by atoms with van der Waals surface area (Å²) in [5, 5.41) is 6.63. The van der Waals surface area contributed by atoms with Gasteiger partial charge in [-0.1, -0.05) is 66.7 Å². The number of esters is 1. The van der Waals surface area contributed by atoms with Crippen molar-refractivity contribution in [3.8, 4) is 0 Å². The number of fused-ring (bicyclic) bond motifs is 2. The molecule has 0 bridgehead atoms. The van der Waals surface area contributed by atoms with E-state index in [-0.39, 0.29) is 5.91 Å². The van der Waals surface area contributed by atoms with Crippen molar-refractivity contribution in [2.24, 2.45) is 0 Å². The molecule has 0 unspecified atom stereocenters. The number of methoxy groups -OCH3 is 1. The number of carbonyl (C=O) groups is 2. The van der Waals surface area contributed by atoms with Crippen LogP contribution in [0, 0.1) is 13.8 Å². The third-order valence-electron chi connectivity index (χ3n) is 5.84. The zero-order valence-corrected chi connectivity index (χ0v) is 17.9. The Morgan fingerprint density at radius 1 is 0.839 bits per heavy atom. The number of nitrogens with one attached hydrogen (secondary N) is 1. The molecule has 0 saturated carbocycles. The molecule has 0 aromatic heterocycles. The number of amides is 1. The Kier molecular flexibility index (Phi) is 5.72. The van der Waals surface area contributed by atoms with Crippen LogP contribution < -0.4 is 5.32 Å². The molecule has 4 rings (SSSR count). The van der Waals surface area contributed by atoms with Crippen molar-refractivity contribution in [2.75, 3.05) is 7.11 Å². The molecule has 0 aliphatic rings. The summed E-state index contributed by atoms with van der Waals surface area (Å²) < 4.78 is 5.02.